The number of nitrogens with zero attached hydrogens (tertiary/aromatic N) is 2. The molecular formula is C13H14Cl2N2O5S. The van der Waals surface area contributed by atoms with Gasteiger partial charge in [-0.15, -0.1) is 0 Å². The molecule has 1 aromatic carbocycles. The lowest BCUT2D eigenvalue weighted by Crippen LogP contribution is -2.58. The third-order valence-electron chi connectivity index (χ3n) is 3.56. The number of carbonyl (C=O) groups is 2. The molecule has 0 radical (unpaired) electrons. The van der Waals surface area contributed by atoms with Crippen molar-refractivity contribution in [1.29, 1.82) is 0 Å². The van der Waals surface area contributed by atoms with Crippen LogP contribution in [0.1, 0.15) is 6.92 Å². The number of piperazine rings is 1. The summed E-state index contributed by atoms with van der Waals surface area (Å²) >= 11 is 11.6. The average molecular weight is 381 g/mol. The van der Waals surface area contributed by atoms with Crippen molar-refractivity contribution in [1.82, 2.24) is 9.21 Å². The minimum absolute atomic E-state index is 0.0574. The van der Waals surface area contributed by atoms with Gasteiger partial charge in [-0.3, -0.25) is 9.59 Å². The maximum absolute atomic E-state index is 12.7. The number of hydrogen-bond donors (Lipinski definition) is 1. The highest BCUT2D eigenvalue weighted by Crippen LogP contribution is 2.28. The lowest BCUT2D eigenvalue weighted by Gasteiger charge is -2.38. The summed E-state index contributed by atoms with van der Waals surface area (Å²) in [6, 6.07) is 2.42. The molecule has 0 bridgehead atoms. The molecule has 1 atom stereocenters. The number of benzene rings is 1. The maximum atomic E-state index is 12.7. The summed E-state index contributed by atoms with van der Waals surface area (Å²) in [7, 11) is -4.07. The molecule has 1 fully saturated rings. The van der Waals surface area contributed by atoms with Gasteiger partial charge in [0.2, 0.25) is 15.9 Å². The Bertz CT molecular complexity index is 753. The number of hydrogen-bond acceptors (Lipinski definition) is 4. The first kappa shape index (κ1) is 18.0. The van der Waals surface area contributed by atoms with Crippen LogP contribution in [0.4, 0.5) is 0 Å². The first-order valence-electron chi connectivity index (χ1n) is 6.60. The molecule has 0 aliphatic carbocycles. The second-order valence-corrected chi connectivity index (χ2v) is 7.72. The molecule has 0 aromatic heterocycles. The standard InChI is InChI=1S/C13H14Cl2N2O5S/c1-8(18)16-4-5-17(12(7-16)13(19)20)23(21,22)9-2-3-10(14)11(15)6-9/h2-3,6,12H,4-5,7H2,1H3,(H,19,20). The average Bonchev–Trinajstić information content (AvgIpc) is 2.49. The molecule has 1 aromatic rings. The van der Waals surface area contributed by atoms with E-state index in [-0.39, 0.29) is 40.5 Å². The van der Waals surface area contributed by atoms with Crippen molar-refractivity contribution in [3.63, 3.8) is 0 Å². The number of carbonyl (C=O) groups excluding carboxylic acids is 1. The molecule has 1 unspecified atom stereocenters. The molecule has 126 valence electrons. The van der Waals surface area contributed by atoms with E-state index in [0.29, 0.717) is 0 Å². The summed E-state index contributed by atoms with van der Waals surface area (Å²) in [4.78, 5) is 24.0. The minimum atomic E-state index is -4.07. The predicted molar refractivity (Wildman–Crippen MR) is 84.0 cm³/mol. The van der Waals surface area contributed by atoms with Gasteiger partial charge in [-0.05, 0) is 18.2 Å². The highest BCUT2D eigenvalue weighted by atomic mass is 35.5. The molecule has 7 nitrogen and oxygen atoms in total. The van der Waals surface area contributed by atoms with Gasteiger partial charge in [0.25, 0.3) is 0 Å². The highest BCUT2D eigenvalue weighted by Gasteiger charge is 2.40. The van der Waals surface area contributed by atoms with Crippen molar-refractivity contribution in [2.45, 2.75) is 17.9 Å². The van der Waals surface area contributed by atoms with Crippen LogP contribution in [-0.2, 0) is 19.6 Å². The number of sulfonamides is 1. The van der Waals surface area contributed by atoms with Crippen molar-refractivity contribution in [2.24, 2.45) is 0 Å². The quantitative estimate of drug-likeness (QED) is 0.852. The van der Waals surface area contributed by atoms with Crippen molar-refractivity contribution < 1.29 is 23.1 Å². The fraction of sp³-hybridized carbons (Fsp3) is 0.385. The first-order valence-corrected chi connectivity index (χ1v) is 8.79. The second-order valence-electron chi connectivity index (χ2n) is 5.01. The molecule has 23 heavy (non-hydrogen) atoms. The molecule has 2 rings (SSSR count). The van der Waals surface area contributed by atoms with Crippen LogP contribution in [0.5, 0.6) is 0 Å². The van der Waals surface area contributed by atoms with E-state index in [0.717, 1.165) is 4.31 Å². The van der Waals surface area contributed by atoms with Crippen LogP contribution < -0.4 is 0 Å². The van der Waals surface area contributed by atoms with Crippen LogP contribution in [0.15, 0.2) is 23.1 Å². The van der Waals surface area contributed by atoms with Gasteiger partial charge in [-0.1, -0.05) is 23.2 Å². The first-order chi connectivity index (χ1) is 10.6. The SMILES string of the molecule is CC(=O)N1CCN(S(=O)(=O)c2ccc(Cl)c(Cl)c2)C(C(=O)O)C1. The Labute approximate surface area is 143 Å². The van der Waals surface area contributed by atoms with Crippen molar-refractivity contribution in [2.75, 3.05) is 19.6 Å². The zero-order chi connectivity index (χ0) is 17.4. The van der Waals surface area contributed by atoms with Crippen molar-refractivity contribution in [3.8, 4) is 0 Å². The Balaban J connectivity index is 2.39. The fourth-order valence-corrected chi connectivity index (χ4v) is 4.27. The number of rotatable bonds is 3. The molecule has 1 aliphatic heterocycles. The van der Waals surface area contributed by atoms with Crippen molar-refractivity contribution in [3.05, 3.63) is 28.2 Å². The lowest BCUT2D eigenvalue weighted by molar-refractivity contribution is -0.145. The predicted octanol–water partition coefficient (Wildman–Crippen LogP) is 1.30. The Hall–Kier alpha value is -1.35. The molecule has 10 heteroatoms. The number of carboxylic acids is 1. The van der Waals surface area contributed by atoms with E-state index in [4.69, 9.17) is 23.2 Å². The number of halogens is 2. The zero-order valence-electron chi connectivity index (χ0n) is 12.1. The summed E-state index contributed by atoms with van der Waals surface area (Å²) in [5.74, 6) is -1.62. The highest BCUT2D eigenvalue weighted by molar-refractivity contribution is 7.89. The van der Waals surface area contributed by atoms with E-state index in [2.05, 4.69) is 0 Å². The Morgan fingerprint density at radius 2 is 1.87 bits per heavy atom. The molecule has 1 amide bonds. The Morgan fingerprint density at radius 3 is 2.39 bits per heavy atom. The summed E-state index contributed by atoms with van der Waals surface area (Å²) in [5.41, 5.74) is 0. The number of amides is 1. The number of carboxylic acid groups (broad SMARTS) is 1. The van der Waals surface area contributed by atoms with Gasteiger partial charge in [0.05, 0.1) is 14.9 Å². The molecule has 1 heterocycles. The minimum Gasteiger partial charge on any atom is -0.480 e. The van der Waals surface area contributed by atoms with Crippen LogP contribution in [0.25, 0.3) is 0 Å². The Morgan fingerprint density at radius 1 is 1.22 bits per heavy atom. The summed E-state index contributed by atoms with van der Waals surface area (Å²) < 4.78 is 26.3. The van der Waals surface area contributed by atoms with Crippen molar-refractivity contribution >= 4 is 45.1 Å². The molecule has 1 aliphatic rings. The van der Waals surface area contributed by atoms with Crippen LogP contribution in [-0.4, -0.2) is 60.3 Å². The van der Waals surface area contributed by atoms with Gasteiger partial charge in [0, 0.05) is 26.6 Å². The maximum Gasteiger partial charge on any atom is 0.323 e. The molecule has 0 saturated carbocycles. The second kappa shape index (κ2) is 6.64. The van der Waals surface area contributed by atoms with E-state index in [1.165, 1.54) is 30.0 Å². The van der Waals surface area contributed by atoms with Gasteiger partial charge in [0.15, 0.2) is 0 Å². The monoisotopic (exact) mass is 380 g/mol. The van der Waals surface area contributed by atoms with Gasteiger partial charge < -0.3 is 10.0 Å². The molecule has 1 saturated heterocycles. The van der Waals surface area contributed by atoms with E-state index in [1.807, 2.05) is 0 Å². The van der Waals surface area contributed by atoms with Gasteiger partial charge in [0.1, 0.15) is 6.04 Å². The smallest absolute Gasteiger partial charge is 0.323 e. The van der Waals surface area contributed by atoms with Gasteiger partial charge in [-0.2, -0.15) is 4.31 Å². The summed E-state index contributed by atoms with van der Waals surface area (Å²) in [5, 5.41) is 9.58. The number of aliphatic carboxylic acids is 1. The van der Waals surface area contributed by atoms with Gasteiger partial charge >= 0.3 is 5.97 Å². The fourth-order valence-electron chi connectivity index (χ4n) is 2.31. The van der Waals surface area contributed by atoms with E-state index >= 15 is 0 Å². The molecular weight excluding hydrogens is 367 g/mol. The largest absolute Gasteiger partial charge is 0.480 e. The zero-order valence-corrected chi connectivity index (χ0v) is 14.4. The molecule has 1 N–H and O–H groups in total. The summed E-state index contributed by atoms with van der Waals surface area (Å²) in [6.07, 6.45) is 0. The topological polar surface area (TPSA) is 95.0 Å². The van der Waals surface area contributed by atoms with Crippen LogP contribution in [0.2, 0.25) is 10.0 Å². The van der Waals surface area contributed by atoms with Crippen LogP contribution in [0.3, 0.4) is 0 Å². The van der Waals surface area contributed by atoms with E-state index in [1.54, 1.807) is 0 Å². The van der Waals surface area contributed by atoms with Gasteiger partial charge in [-0.25, -0.2) is 8.42 Å². The van der Waals surface area contributed by atoms with Crippen LogP contribution >= 0.6 is 23.2 Å². The lowest BCUT2D eigenvalue weighted by atomic mass is 10.2. The third-order valence-corrected chi connectivity index (χ3v) is 6.20. The summed E-state index contributed by atoms with van der Waals surface area (Å²) in [6.45, 7) is 1.12. The van der Waals surface area contributed by atoms with E-state index < -0.39 is 22.0 Å². The Kier molecular flexibility index (Phi) is 5.20. The normalized spacial score (nSPS) is 19.6. The molecule has 0 spiro atoms. The third kappa shape index (κ3) is 3.60. The van der Waals surface area contributed by atoms with Crippen LogP contribution in [0, 0.1) is 0 Å². The van der Waals surface area contributed by atoms with E-state index in [9.17, 15) is 23.1 Å².